The highest BCUT2D eigenvalue weighted by molar-refractivity contribution is 5.90. The molecule has 1 aromatic heterocycles. The molecule has 1 aliphatic heterocycles. The minimum atomic E-state index is -0.152. The first-order valence-corrected chi connectivity index (χ1v) is 6.89. The minimum absolute atomic E-state index is 0.0461. The molecule has 1 N–H and O–H groups in total. The Morgan fingerprint density at radius 2 is 2.20 bits per heavy atom. The third kappa shape index (κ3) is 3.60. The maximum atomic E-state index is 12.3. The maximum Gasteiger partial charge on any atom is 0.322 e. The van der Waals surface area contributed by atoms with Crippen LogP contribution in [0.2, 0.25) is 0 Å². The Balaban J connectivity index is 2.04. The van der Waals surface area contributed by atoms with Crippen LogP contribution in [0.25, 0.3) is 0 Å². The molecule has 0 spiro atoms. The van der Waals surface area contributed by atoms with Gasteiger partial charge in [-0.1, -0.05) is 0 Å². The van der Waals surface area contributed by atoms with Gasteiger partial charge in [0.05, 0.1) is 18.8 Å². The first-order valence-electron chi connectivity index (χ1n) is 6.89. The summed E-state index contributed by atoms with van der Waals surface area (Å²) in [5, 5.41) is 2.85. The Hall–Kier alpha value is -1.82. The molecule has 1 fully saturated rings. The van der Waals surface area contributed by atoms with Crippen LogP contribution in [0.5, 0.6) is 5.88 Å². The van der Waals surface area contributed by atoms with Gasteiger partial charge in [-0.2, -0.15) is 0 Å². The number of carbonyl (C=O) groups is 1. The summed E-state index contributed by atoms with van der Waals surface area (Å²) >= 11 is 0. The Kier molecular flexibility index (Phi) is 4.79. The Bertz CT molecular complexity index is 457. The number of amides is 2. The van der Waals surface area contributed by atoms with Crippen molar-refractivity contribution in [3.05, 3.63) is 18.3 Å². The number of hydrogen-bond donors (Lipinski definition) is 1. The highest BCUT2D eigenvalue weighted by Gasteiger charge is 2.26. The van der Waals surface area contributed by atoms with Gasteiger partial charge in [-0.05, 0) is 32.9 Å². The molecular weight excluding hydrogens is 258 g/mol. The molecule has 0 aliphatic carbocycles. The number of nitrogens with zero attached hydrogens (tertiary/aromatic N) is 2. The van der Waals surface area contributed by atoms with Gasteiger partial charge in [0.25, 0.3) is 0 Å². The van der Waals surface area contributed by atoms with Crippen LogP contribution in [0.4, 0.5) is 10.5 Å². The van der Waals surface area contributed by atoms with Gasteiger partial charge in [0.15, 0.2) is 0 Å². The predicted molar refractivity (Wildman–Crippen MR) is 76.0 cm³/mol. The number of hydrogen-bond acceptors (Lipinski definition) is 4. The van der Waals surface area contributed by atoms with E-state index in [-0.39, 0.29) is 18.2 Å². The van der Waals surface area contributed by atoms with Crippen molar-refractivity contribution < 1.29 is 14.3 Å². The van der Waals surface area contributed by atoms with Crippen LogP contribution in [0.1, 0.15) is 20.8 Å². The van der Waals surface area contributed by atoms with E-state index in [9.17, 15) is 4.79 Å². The zero-order chi connectivity index (χ0) is 14.5. The molecule has 20 heavy (non-hydrogen) atoms. The molecule has 6 nitrogen and oxygen atoms in total. The van der Waals surface area contributed by atoms with Gasteiger partial charge in [0.2, 0.25) is 5.88 Å². The largest absolute Gasteiger partial charge is 0.476 e. The van der Waals surface area contributed by atoms with Gasteiger partial charge >= 0.3 is 6.03 Å². The Morgan fingerprint density at radius 3 is 2.85 bits per heavy atom. The number of ether oxygens (including phenoxy) is 2. The van der Waals surface area contributed by atoms with E-state index >= 15 is 0 Å². The van der Waals surface area contributed by atoms with Crippen LogP contribution in [0.3, 0.4) is 0 Å². The number of carbonyl (C=O) groups excluding carboxylic acids is 1. The van der Waals surface area contributed by atoms with Crippen molar-refractivity contribution in [2.75, 3.05) is 25.0 Å². The third-order valence-electron chi connectivity index (χ3n) is 3.00. The lowest BCUT2D eigenvalue weighted by Gasteiger charge is -2.35. The van der Waals surface area contributed by atoms with Gasteiger partial charge in [-0.15, -0.1) is 0 Å². The van der Waals surface area contributed by atoms with Crippen LogP contribution >= 0.6 is 0 Å². The van der Waals surface area contributed by atoms with E-state index in [1.54, 1.807) is 23.2 Å². The molecule has 110 valence electrons. The van der Waals surface area contributed by atoms with E-state index in [1.807, 2.05) is 20.8 Å². The van der Waals surface area contributed by atoms with Gasteiger partial charge in [0, 0.05) is 19.3 Å². The molecule has 1 aromatic rings. The fourth-order valence-electron chi connectivity index (χ4n) is 2.28. The summed E-state index contributed by atoms with van der Waals surface area (Å²) in [5.41, 5.74) is 0.589. The quantitative estimate of drug-likeness (QED) is 0.920. The topological polar surface area (TPSA) is 63.7 Å². The van der Waals surface area contributed by atoms with Crippen molar-refractivity contribution in [1.82, 2.24) is 9.88 Å². The Labute approximate surface area is 119 Å². The smallest absolute Gasteiger partial charge is 0.322 e. The van der Waals surface area contributed by atoms with Crippen LogP contribution < -0.4 is 10.1 Å². The molecule has 1 aliphatic rings. The summed E-state index contributed by atoms with van der Waals surface area (Å²) in [5.74, 6) is 0.442. The van der Waals surface area contributed by atoms with E-state index in [2.05, 4.69) is 10.3 Å². The molecule has 6 heteroatoms. The fraction of sp³-hybridized carbons (Fsp3) is 0.571. The molecule has 2 rings (SSSR count). The fourth-order valence-corrected chi connectivity index (χ4v) is 2.28. The number of urea groups is 1. The minimum Gasteiger partial charge on any atom is -0.476 e. The van der Waals surface area contributed by atoms with E-state index in [0.717, 1.165) is 0 Å². The molecule has 0 unspecified atom stereocenters. The van der Waals surface area contributed by atoms with Crippen LogP contribution in [0.15, 0.2) is 18.3 Å². The van der Waals surface area contributed by atoms with Crippen LogP contribution in [-0.4, -0.2) is 47.8 Å². The zero-order valence-electron chi connectivity index (χ0n) is 12.1. The molecule has 2 atom stereocenters. The summed E-state index contributed by atoms with van der Waals surface area (Å²) in [6.45, 7) is 7.48. The third-order valence-corrected chi connectivity index (χ3v) is 3.00. The van der Waals surface area contributed by atoms with E-state index < -0.39 is 0 Å². The second kappa shape index (κ2) is 6.56. The summed E-state index contributed by atoms with van der Waals surface area (Å²) in [7, 11) is 0. The molecule has 2 amide bonds. The van der Waals surface area contributed by atoms with Crippen molar-refractivity contribution in [1.29, 1.82) is 0 Å². The van der Waals surface area contributed by atoms with Crippen molar-refractivity contribution in [3.63, 3.8) is 0 Å². The molecular formula is C14H21N3O3. The number of rotatable bonds is 3. The predicted octanol–water partition coefficient (Wildman–Crippen LogP) is 2.12. The van der Waals surface area contributed by atoms with E-state index in [4.69, 9.17) is 9.47 Å². The highest BCUT2D eigenvalue weighted by Crippen LogP contribution is 2.21. The first-order chi connectivity index (χ1) is 9.60. The number of aromatic nitrogens is 1. The lowest BCUT2D eigenvalue weighted by molar-refractivity contribution is -0.0530. The van der Waals surface area contributed by atoms with Gasteiger partial charge < -0.3 is 19.7 Å². The Morgan fingerprint density at radius 1 is 1.50 bits per heavy atom. The maximum absolute atomic E-state index is 12.3. The summed E-state index contributed by atoms with van der Waals surface area (Å²) < 4.78 is 11.0. The number of pyridine rings is 1. The summed E-state index contributed by atoms with van der Waals surface area (Å²) in [6, 6.07) is 3.40. The average molecular weight is 279 g/mol. The molecule has 0 bridgehead atoms. The molecule has 2 heterocycles. The van der Waals surface area contributed by atoms with Gasteiger partial charge in [0.1, 0.15) is 5.69 Å². The van der Waals surface area contributed by atoms with Gasteiger partial charge in [-0.3, -0.25) is 0 Å². The van der Waals surface area contributed by atoms with Crippen molar-refractivity contribution >= 4 is 11.7 Å². The normalized spacial score (nSPS) is 22.4. The second-order valence-electron chi connectivity index (χ2n) is 4.88. The van der Waals surface area contributed by atoms with E-state index in [0.29, 0.717) is 31.3 Å². The zero-order valence-corrected chi connectivity index (χ0v) is 12.1. The second-order valence-corrected chi connectivity index (χ2v) is 4.88. The number of morpholine rings is 1. The lowest BCUT2D eigenvalue weighted by atomic mass is 10.2. The van der Waals surface area contributed by atoms with Crippen molar-refractivity contribution in [3.8, 4) is 5.88 Å². The number of anilines is 1. The van der Waals surface area contributed by atoms with Gasteiger partial charge in [-0.25, -0.2) is 9.78 Å². The van der Waals surface area contributed by atoms with Crippen LogP contribution in [-0.2, 0) is 4.74 Å². The monoisotopic (exact) mass is 279 g/mol. The van der Waals surface area contributed by atoms with Crippen molar-refractivity contribution in [2.45, 2.75) is 33.0 Å². The molecule has 0 saturated carbocycles. The molecule has 0 aromatic carbocycles. The summed E-state index contributed by atoms with van der Waals surface area (Å²) in [4.78, 5) is 18.2. The van der Waals surface area contributed by atoms with Crippen LogP contribution in [0, 0.1) is 0 Å². The first kappa shape index (κ1) is 14.6. The average Bonchev–Trinajstić information content (AvgIpc) is 2.40. The summed E-state index contributed by atoms with van der Waals surface area (Å²) in [6.07, 6.45) is 1.73. The molecule has 0 radical (unpaired) electrons. The van der Waals surface area contributed by atoms with E-state index in [1.165, 1.54) is 0 Å². The SMILES string of the molecule is CCOc1ncccc1NC(=O)N1C[C@H](C)O[C@@H](C)C1. The number of nitrogens with one attached hydrogen (secondary N) is 1. The standard InChI is InChI=1S/C14H21N3O3/c1-4-19-13-12(6-5-7-15-13)16-14(18)17-8-10(2)20-11(3)9-17/h5-7,10-11H,4,8-9H2,1-3H3,(H,16,18)/t10-,11-/m0/s1. The molecule has 1 saturated heterocycles. The lowest BCUT2D eigenvalue weighted by Crippen LogP contribution is -2.49. The van der Waals surface area contributed by atoms with Crippen molar-refractivity contribution in [2.24, 2.45) is 0 Å². The highest BCUT2D eigenvalue weighted by atomic mass is 16.5.